The molecule has 0 aromatic heterocycles. The van der Waals surface area contributed by atoms with E-state index in [2.05, 4.69) is 60.4 Å². The highest BCUT2D eigenvalue weighted by Crippen LogP contribution is 2.42. The van der Waals surface area contributed by atoms with Gasteiger partial charge in [-0.15, -0.1) is 0 Å². The molecule has 0 spiro atoms. The lowest BCUT2D eigenvalue weighted by molar-refractivity contribution is -0.379. The van der Waals surface area contributed by atoms with E-state index in [1.54, 1.807) is 0 Å². The Labute approximate surface area is 724 Å². The lowest BCUT2D eigenvalue weighted by Crippen LogP contribution is -2.71. The highest BCUT2D eigenvalue weighted by atomic mass is 35.6. The lowest BCUT2D eigenvalue weighted by atomic mass is 9.93. The first-order valence-corrected chi connectivity index (χ1v) is 44.2. The van der Waals surface area contributed by atoms with Crippen molar-refractivity contribution in [2.75, 3.05) is 33.0 Å². The van der Waals surface area contributed by atoms with Crippen LogP contribution in [-0.2, 0) is 131 Å². The van der Waals surface area contributed by atoms with Crippen molar-refractivity contribution in [1.82, 2.24) is 5.32 Å². The molecule has 3 fully saturated rings. The molecule has 15 atom stereocenters. The van der Waals surface area contributed by atoms with E-state index in [0.717, 1.165) is 43.8 Å². The summed E-state index contributed by atoms with van der Waals surface area (Å²) in [5.74, 6) is -2.13. The molecular weight excluding hydrogens is 1620 g/mol. The minimum Gasteiger partial charge on any atom is -0.454 e. The van der Waals surface area contributed by atoms with Crippen molar-refractivity contribution in [1.29, 1.82) is 0 Å². The maximum Gasteiger partial charge on any atom is 0.306 e. The Morgan fingerprint density at radius 3 is 1.21 bits per heavy atom. The molecule has 3 aliphatic heterocycles. The summed E-state index contributed by atoms with van der Waals surface area (Å²) in [6.45, 7) is 7.94. The average molecular weight is 1730 g/mol. The van der Waals surface area contributed by atoms with Crippen molar-refractivity contribution in [3.63, 3.8) is 0 Å². The first-order valence-electron chi connectivity index (χ1n) is 41.1. The van der Waals surface area contributed by atoms with Crippen LogP contribution < -0.4 is 15.7 Å². The smallest absolute Gasteiger partial charge is 0.306 e. The van der Waals surface area contributed by atoms with Gasteiger partial charge in [0.15, 0.2) is 25.0 Å². The molecule has 9 aromatic rings. The fourth-order valence-corrected chi connectivity index (χ4v) is 20.0. The van der Waals surface area contributed by atoms with Crippen LogP contribution in [0.2, 0.25) is 5.04 Å². The maximum absolute atomic E-state index is 15.3. The highest BCUT2D eigenvalue weighted by molar-refractivity contribution is 6.99. The number of rotatable bonds is 44. The summed E-state index contributed by atoms with van der Waals surface area (Å²) in [5.41, 5.74) is 14.9. The number of benzene rings is 9. The number of ether oxygens (including phenoxy) is 14. The number of azide groups is 1. The Bertz CT molecular complexity index is 4540. The van der Waals surface area contributed by atoms with Crippen LogP contribution in [0, 0.1) is 0 Å². The molecular formula is C95H107Cl3N4O18Si. The molecule has 1 N–H and O–H groups in total. The molecule has 3 heterocycles. The summed E-state index contributed by atoms with van der Waals surface area (Å²) < 4.78 is 107. The number of nitrogens with one attached hydrogen (secondary N) is 1. The number of carbonyl (C=O) groups is 3. The fourth-order valence-electron chi connectivity index (χ4n) is 15.3. The topological polar surface area (TPSA) is 250 Å². The Hall–Kier alpha value is -8.57. The number of alkyl halides is 3. The van der Waals surface area contributed by atoms with Gasteiger partial charge in [0, 0.05) is 24.5 Å². The van der Waals surface area contributed by atoms with Crippen LogP contribution in [0.5, 0.6) is 0 Å². The van der Waals surface area contributed by atoms with Crippen molar-refractivity contribution in [3.05, 3.63) is 322 Å². The summed E-state index contributed by atoms with van der Waals surface area (Å²) in [6, 6.07) is 86.1. The van der Waals surface area contributed by atoms with Crippen LogP contribution in [0.1, 0.15) is 98.7 Å². The third-order valence-corrected chi connectivity index (χ3v) is 26.8. The lowest BCUT2D eigenvalue weighted by Gasteiger charge is -2.52. The van der Waals surface area contributed by atoms with E-state index in [1.165, 1.54) is 6.92 Å². The van der Waals surface area contributed by atoms with E-state index in [0.29, 0.717) is 24.8 Å². The number of esters is 1. The Balaban J connectivity index is 1.04. The summed E-state index contributed by atoms with van der Waals surface area (Å²) in [5, 5.41) is 8.09. The molecule has 26 heteroatoms. The van der Waals surface area contributed by atoms with Gasteiger partial charge in [0.25, 0.3) is 18.0 Å². The Morgan fingerprint density at radius 2 is 0.777 bits per heavy atom. The second kappa shape index (κ2) is 46.8. The monoisotopic (exact) mass is 1720 g/mol. The fraction of sp³-hybridized carbons (Fsp3) is 0.400. The zero-order valence-electron chi connectivity index (χ0n) is 68.5. The molecule has 0 unspecified atom stereocenters. The number of ketones is 1. The van der Waals surface area contributed by atoms with Crippen molar-refractivity contribution < 1.29 is 85.1 Å². The highest BCUT2D eigenvalue weighted by Gasteiger charge is 2.60. The van der Waals surface area contributed by atoms with Gasteiger partial charge in [0.2, 0.25) is 0 Å². The zero-order chi connectivity index (χ0) is 84.7. The van der Waals surface area contributed by atoms with Gasteiger partial charge in [0.1, 0.15) is 72.9 Å². The van der Waals surface area contributed by atoms with Gasteiger partial charge in [0.05, 0.1) is 72.5 Å². The first-order chi connectivity index (χ1) is 58.9. The summed E-state index contributed by atoms with van der Waals surface area (Å²) in [7, 11) is -3.55. The van der Waals surface area contributed by atoms with Crippen LogP contribution in [0.15, 0.2) is 278 Å². The standard InChI is InChI=1S/C95H107Cl3N4O18Si/c1-67(103)53-54-80(104)118-89-87(112-62-73-45-25-10-26-46-73)84(79(116-91(89)108-56-34-14-33-55-100-102-99)66-114-121(94(2,3)4,75-49-29-12-30-50-75)76-51-31-13-32-52-76)119-90-81(101-93(105)95(96,97)98)85(110-60-71-41-21-8-22-42-71)83(78(115-90)65-107-58-69-37-17-6-18-38-69)120-92-88(113-63-74-47-27-11-28-48-74)86(111-61-72-43-23-9-24-44-72)82(109-59-70-39-19-7-20-40-70)77(117-92)64-106-57-68-35-15-5-16-36-68/h5-13,15-32,35-52,77-79,81-92H,14,33-34,53-66H2,1-4H3,(H,101,105)/t77-,78-,79-,81-,82-,83+,84-,85-,86+,87+,88-,89+,90+,91+,92-/m1/s1. The predicted octanol–water partition coefficient (Wildman–Crippen LogP) is 16.5. The van der Waals surface area contributed by atoms with Crippen molar-refractivity contribution in [2.24, 2.45) is 5.11 Å². The molecule has 0 radical (unpaired) electrons. The van der Waals surface area contributed by atoms with Crippen molar-refractivity contribution in [3.8, 4) is 0 Å². The normalized spacial score (nSPS) is 23.2. The van der Waals surface area contributed by atoms with Gasteiger partial charge in [-0.3, -0.25) is 9.59 Å². The predicted molar refractivity (Wildman–Crippen MR) is 462 cm³/mol. The third-order valence-electron chi connectivity index (χ3n) is 21.3. The number of nitrogens with zero attached hydrogens (tertiary/aromatic N) is 3. The number of hydrogen-bond acceptors (Lipinski definition) is 19. The number of amides is 1. The van der Waals surface area contributed by atoms with E-state index < -0.39 is 121 Å². The molecule has 3 saturated heterocycles. The largest absolute Gasteiger partial charge is 0.454 e. The van der Waals surface area contributed by atoms with Crippen molar-refractivity contribution in [2.45, 2.75) is 207 Å². The SMILES string of the molecule is CC(=O)CCC(=O)O[C@@H]1[C@@H](OCCCCCN=[N+]=[N-])O[C@H](CO[Si](c2ccccc2)(c2ccccc2)C(C)(C)C)[C@@H](O[C@@H]2O[C@H](COCc3ccccc3)[C@H](O[C@H]3O[C@H](COCc4ccccc4)[C@@H](OCc4ccccc4)[C@H](OCc4ccccc4)[C@H]3OCc3ccccc3)[C@H](OCc3ccccc3)[C@H]2NC(=O)C(Cl)(Cl)Cl)[C@@H]1OCc1ccccc1. The van der Waals surface area contributed by atoms with Gasteiger partial charge in [-0.1, -0.05) is 340 Å². The van der Waals surface area contributed by atoms with Crippen LogP contribution in [0.4, 0.5) is 0 Å². The minimum atomic E-state index is -3.55. The molecule has 1 amide bonds. The van der Waals surface area contributed by atoms with Crippen LogP contribution in [0.25, 0.3) is 10.4 Å². The summed E-state index contributed by atoms with van der Waals surface area (Å²) >= 11 is 20.3. The van der Waals surface area contributed by atoms with Crippen LogP contribution in [0.3, 0.4) is 0 Å². The number of carbonyl (C=O) groups excluding carboxylic acids is 3. The quantitative estimate of drug-likeness (QED) is 0.00708. The van der Waals surface area contributed by atoms with Crippen molar-refractivity contribution >= 4 is 71.2 Å². The summed E-state index contributed by atoms with van der Waals surface area (Å²) in [6.07, 6.45) is -17.3. The van der Waals surface area contributed by atoms with E-state index in [-0.39, 0.29) is 97.8 Å². The van der Waals surface area contributed by atoms with Gasteiger partial charge in [-0.25, -0.2) is 0 Å². The average Bonchev–Trinajstić information content (AvgIpc) is 0.746. The molecule has 0 bridgehead atoms. The minimum absolute atomic E-state index is 0.0345. The molecule has 0 aliphatic carbocycles. The van der Waals surface area contributed by atoms with Gasteiger partial charge >= 0.3 is 5.97 Å². The van der Waals surface area contributed by atoms with Crippen LogP contribution in [-0.4, -0.2) is 155 Å². The maximum atomic E-state index is 15.3. The molecule has 3 aliphatic rings. The van der Waals surface area contributed by atoms with Gasteiger partial charge < -0.3 is 80.9 Å². The molecule has 22 nitrogen and oxygen atoms in total. The Kier molecular flexibility index (Phi) is 35.4. The number of unbranched alkanes of at least 4 members (excludes halogenated alkanes) is 2. The Morgan fingerprint density at radius 1 is 0.413 bits per heavy atom. The van der Waals surface area contributed by atoms with E-state index >= 15 is 4.79 Å². The van der Waals surface area contributed by atoms with Gasteiger partial charge in [-0.2, -0.15) is 0 Å². The molecule has 9 aromatic carbocycles. The number of halogens is 3. The molecule has 640 valence electrons. The van der Waals surface area contributed by atoms with E-state index in [9.17, 15) is 9.59 Å². The van der Waals surface area contributed by atoms with Crippen LogP contribution >= 0.6 is 34.8 Å². The second-order valence-corrected chi connectivity index (χ2v) is 37.7. The molecule has 0 saturated carbocycles. The molecule has 121 heavy (non-hydrogen) atoms. The number of hydrogen-bond donors (Lipinski definition) is 1. The molecule has 12 rings (SSSR count). The van der Waals surface area contributed by atoms with E-state index in [4.69, 9.17) is 111 Å². The van der Waals surface area contributed by atoms with Gasteiger partial charge in [-0.05, 0) is 79.7 Å². The number of Topliss-reactive ketones (excluding diaryl/α,β-unsaturated/α-hetero) is 1. The third kappa shape index (κ3) is 26.7. The summed E-state index contributed by atoms with van der Waals surface area (Å²) in [4.78, 5) is 45.8. The first kappa shape index (κ1) is 91.6. The second-order valence-electron chi connectivity index (χ2n) is 31.2. The zero-order valence-corrected chi connectivity index (χ0v) is 71.8. The van der Waals surface area contributed by atoms with E-state index in [1.807, 2.05) is 249 Å².